The molecule has 26 heavy (non-hydrogen) atoms. The van der Waals surface area contributed by atoms with E-state index in [0.29, 0.717) is 23.7 Å². The van der Waals surface area contributed by atoms with Crippen LogP contribution in [0.5, 0.6) is 11.5 Å². The molecule has 1 saturated heterocycles. The number of ether oxygens (including phenoxy) is 2. The van der Waals surface area contributed by atoms with Crippen LogP contribution in [0.4, 0.5) is 16.2 Å². The fourth-order valence-corrected chi connectivity index (χ4v) is 2.93. The standard InChI is InChI=1S/C19H21N3O4/c1-25-16-9-8-13(10-17(16)26-2)20-19(24)21-14-11-18(23)22(12-14)15-6-4-3-5-7-15/h3-10,14H,11-12H2,1-2H3,(H2,20,21,24)/t14-/m0/s1. The van der Waals surface area contributed by atoms with Crippen molar-refractivity contribution in [3.8, 4) is 11.5 Å². The van der Waals surface area contributed by atoms with Crippen LogP contribution in [-0.4, -0.2) is 38.7 Å². The van der Waals surface area contributed by atoms with Crippen LogP contribution in [0.2, 0.25) is 0 Å². The van der Waals surface area contributed by atoms with E-state index in [1.165, 1.54) is 7.11 Å². The number of benzene rings is 2. The summed E-state index contributed by atoms with van der Waals surface area (Å²) in [6.07, 6.45) is 0.272. The third-order valence-electron chi connectivity index (χ3n) is 4.17. The van der Waals surface area contributed by atoms with Crippen molar-refractivity contribution in [2.75, 3.05) is 31.0 Å². The summed E-state index contributed by atoms with van der Waals surface area (Å²) in [4.78, 5) is 26.1. The van der Waals surface area contributed by atoms with Crippen LogP contribution in [0.25, 0.3) is 0 Å². The fraction of sp³-hybridized carbons (Fsp3) is 0.263. The molecule has 2 N–H and O–H groups in total. The third-order valence-corrected chi connectivity index (χ3v) is 4.17. The number of carbonyl (C=O) groups is 2. The lowest BCUT2D eigenvalue weighted by molar-refractivity contribution is -0.117. The molecule has 7 heteroatoms. The summed E-state index contributed by atoms with van der Waals surface area (Å²) in [7, 11) is 3.08. The second-order valence-electron chi connectivity index (χ2n) is 5.91. The Morgan fingerprint density at radius 2 is 1.81 bits per heavy atom. The second-order valence-corrected chi connectivity index (χ2v) is 5.91. The third kappa shape index (κ3) is 3.88. The quantitative estimate of drug-likeness (QED) is 0.864. The Balaban J connectivity index is 1.60. The topological polar surface area (TPSA) is 79.9 Å². The minimum Gasteiger partial charge on any atom is -0.493 e. The molecule has 0 bridgehead atoms. The SMILES string of the molecule is COc1ccc(NC(=O)N[C@H]2CC(=O)N(c3ccccc3)C2)cc1OC. The number of nitrogens with one attached hydrogen (secondary N) is 2. The molecular weight excluding hydrogens is 334 g/mol. The van der Waals surface area contributed by atoms with Gasteiger partial charge in [-0.15, -0.1) is 0 Å². The number of hydrogen-bond acceptors (Lipinski definition) is 4. The Bertz CT molecular complexity index is 795. The van der Waals surface area contributed by atoms with E-state index in [-0.39, 0.29) is 24.4 Å². The van der Waals surface area contributed by atoms with Gasteiger partial charge in [0.25, 0.3) is 0 Å². The second kappa shape index (κ2) is 7.77. The van der Waals surface area contributed by atoms with E-state index in [9.17, 15) is 9.59 Å². The van der Waals surface area contributed by atoms with Crippen molar-refractivity contribution < 1.29 is 19.1 Å². The Morgan fingerprint density at radius 1 is 1.08 bits per heavy atom. The van der Waals surface area contributed by atoms with Gasteiger partial charge in [0.1, 0.15) is 0 Å². The normalized spacial score (nSPS) is 16.3. The summed E-state index contributed by atoms with van der Waals surface area (Å²) in [5.41, 5.74) is 1.41. The van der Waals surface area contributed by atoms with Crippen LogP contribution >= 0.6 is 0 Å². The molecule has 7 nitrogen and oxygen atoms in total. The van der Waals surface area contributed by atoms with Crippen molar-refractivity contribution >= 4 is 23.3 Å². The Hall–Kier alpha value is -3.22. The molecule has 136 valence electrons. The molecule has 1 heterocycles. The molecule has 0 unspecified atom stereocenters. The predicted molar refractivity (Wildman–Crippen MR) is 98.9 cm³/mol. The molecule has 1 aliphatic rings. The predicted octanol–water partition coefficient (Wildman–Crippen LogP) is 2.63. The number of methoxy groups -OCH3 is 2. The Kier molecular flexibility index (Phi) is 5.26. The number of nitrogens with zero attached hydrogens (tertiary/aromatic N) is 1. The number of anilines is 2. The Labute approximate surface area is 151 Å². The molecule has 0 aliphatic carbocycles. The lowest BCUT2D eigenvalue weighted by atomic mass is 10.2. The van der Waals surface area contributed by atoms with Gasteiger partial charge in [-0.1, -0.05) is 18.2 Å². The highest BCUT2D eigenvalue weighted by Crippen LogP contribution is 2.29. The lowest BCUT2D eigenvalue weighted by Gasteiger charge is -2.17. The summed E-state index contributed by atoms with van der Waals surface area (Å²) < 4.78 is 10.4. The molecule has 2 aromatic carbocycles. The highest BCUT2D eigenvalue weighted by molar-refractivity contribution is 5.97. The highest BCUT2D eigenvalue weighted by Gasteiger charge is 2.31. The zero-order chi connectivity index (χ0) is 18.5. The van der Waals surface area contributed by atoms with Crippen LogP contribution in [0, 0.1) is 0 Å². The van der Waals surface area contributed by atoms with Crippen molar-refractivity contribution in [2.45, 2.75) is 12.5 Å². The summed E-state index contributed by atoms with van der Waals surface area (Å²) in [5, 5.41) is 5.59. The molecule has 0 aromatic heterocycles. The van der Waals surface area contributed by atoms with Gasteiger partial charge in [-0.3, -0.25) is 4.79 Å². The van der Waals surface area contributed by atoms with E-state index in [0.717, 1.165) is 5.69 Å². The lowest BCUT2D eigenvalue weighted by Crippen LogP contribution is -2.39. The van der Waals surface area contributed by atoms with Gasteiger partial charge in [-0.05, 0) is 24.3 Å². The molecule has 0 saturated carbocycles. The van der Waals surface area contributed by atoms with Crippen LogP contribution in [0.1, 0.15) is 6.42 Å². The van der Waals surface area contributed by atoms with Crippen LogP contribution in [-0.2, 0) is 4.79 Å². The summed E-state index contributed by atoms with van der Waals surface area (Å²) in [6.45, 7) is 0.447. The van der Waals surface area contributed by atoms with Gasteiger partial charge in [-0.25, -0.2) is 4.79 Å². The summed E-state index contributed by atoms with van der Waals surface area (Å²) >= 11 is 0. The highest BCUT2D eigenvalue weighted by atomic mass is 16.5. The summed E-state index contributed by atoms with van der Waals surface area (Å²) in [5.74, 6) is 1.10. The number of carbonyl (C=O) groups excluding carboxylic acids is 2. The molecule has 3 rings (SSSR count). The fourth-order valence-electron chi connectivity index (χ4n) is 2.93. The van der Waals surface area contributed by atoms with Gasteiger partial charge in [0.2, 0.25) is 5.91 Å². The molecule has 1 fully saturated rings. The van der Waals surface area contributed by atoms with Crippen molar-refractivity contribution in [1.82, 2.24) is 5.32 Å². The maximum absolute atomic E-state index is 12.2. The molecule has 1 aliphatic heterocycles. The van der Waals surface area contributed by atoms with Gasteiger partial charge in [0.15, 0.2) is 11.5 Å². The van der Waals surface area contributed by atoms with Gasteiger partial charge >= 0.3 is 6.03 Å². The molecular formula is C19H21N3O4. The minimum absolute atomic E-state index is 0.00684. The van der Waals surface area contributed by atoms with Gasteiger partial charge in [0, 0.05) is 30.4 Å². The number of amides is 3. The van der Waals surface area contributed by atoms with E-state index in [1.807, 2.05) is 30.3 Å². The zero-order valence-corrected chi connectivity index (χ0v) is 14.7. The van der Waals surface area contributed by atoms with E-state index in [1.54, 1.807) is 30.2 Å². The number of hydrogen-bond donors (Lipinski definition) is 2. The monoisotopic (exact) mass is 355 g/mol. The van der Waals surface area contributed by atoms with Gasteiger partial charge in [0.05, 0.1) is 20.3 Å². The van der Waals surface area contributed by atoms with E-state index in [2.05, 4.69) is 10.6 Å². The number of para-hydroxylation sites is 1. The first-order valence-electron chi connectivity index (χ1n) is 8.25. The first-order chi connectivity index (χ1) is 12.6. The molecule has 1 atom stereocenters. The minimum atomic E-state index is -0.370. The van der Waals surface area contributed by atoms with E-state index < -0.39 is 0 Å². The van der Waals surface area contributed by atoms with E-state index in [4.69, 9.17) is 9.47 Å². The summed E-state index contributed by atoms with van der Waals surface area (Å²) in [6, 6.07) is 13.9. The molecule has 0 radical (unpaired) electrons. The first kappa shape index (κ1) is 17.6. The molecule has 2 aromatic rings. The smallest absolute Gasteiger partial charge is 0.319 e. The number of rotatable bonds is 5. The van der Waals surface area contributed by atoms with Crippen molar-refractivity contribution in [3.63, 3.8) is 0 Å². The van der Waals surface area contributed by atoms with Gasteiger partial charge in [-0.2, -0.15) is 0 Å². The number of urea groups is 1. The van der Waals surface area contributed by atoms with Crippen molar-refractivity contribution in [1.29, 1.82) is 0 Å². The average Bonchev–Trinajstić information content (AvgIpc) is 3.02. The maximum atomic E-state index is 12.2. The maximum Gasteiger partial charge on any atom is 0.319 e. The average molecular weight is 355 g/mol. The van der Waals surface area contributed by atoms with E-state index >= 15 is 0 Å². The Morgan fingerprint density at radius 3 is 2.50 bits per heavy atom. The molecule has 0 spiro atoms. The van der Waals surface area contributed by atoms with Crippen LogP contribution in [0.3, 0.4) is 0 Å². The van der Waals surface area contributed by atoms with Crippen LogP contribution < -0.4 is 25.0 Å². The van der Waals surface area contributed by atoms with Crippen LogP contribution in [0.15, 0.2) is 48.5 Å². The van der Waals surface area contributed by atoms with Crippen molar-refractivity contribution in [3.05, 3.63) is 48.5 Å². The van der Waals surface area contributed by atoms with Crippen molar-refractivity contribution in [2.24, 2.45) is 0 Å². The first-order valence-corrected chi connectivity index (χ1v) is 8.25. The molecule has 3 amide bonds. The largest absolute Gasteiger partial charge is 0.493 e. The van der Waals surface area contributed by atoms with Gasteiger partial charge < -0.3 is 25.0 Å². The zero-order valence-electron chi connectivity index (χ0n) is 14.7.